The number of benzene rings is 1. The number of alkyl halides is 2. The van der Waals surface area contributed by atoms with Crippen LogP contribution in [0.2, 0.25) is 5.28 Å². The van der Waals surface area contributed by atoms with Gasteiger partial charge in [-0.05, 0) is 35.9 Å². The highest BCUT2D eigenvalue weighted by Crippen LogP contribution is 2.26. The van der Waals surface area contributed by atoms with E-state index in [0.717, 1.165) is 6.20 Å². The van der Waals surface area contributed by atoms with Crippen LogP contribution in [0.25, 0.3) is 0 Å². The number of anilines is 2. The Bertz CT molecular complexity index is 654. The van der Waals surface area contributed by atoms with Crippen molar-refractivity contribution in [1.82, 2.24) is 9.97 Å². The van der Waals surface area contributed by atoms with Crippen LogP contribution in [-0.4, -0.2) is 21.5 Å². The van der Waals surface area contributed by atoms with E-state index in [2.05, 4.69) is 20.0 Å². The van der Waals surface area contributed by atoms with Gasteiger partial charge in [-0.1, -0.05) is 0 Å². The van der Waals surface area contributed by atoms with Crippen molar-refractivity contribution in [3.8, 4) is 5.75 Å². The minimum absolute atomic E-state index is 0.0363. The number of halogens is 3. The zero-order valence-corrected chi connectivity index (χ0v) is 10.9. The van der Waals surface area contributed by atoms with Crippen molar-refractivity contribution < 1.29 is 18.4 Å². The molecule has 0 radical (unpaired) electrons. The Hall–Kier alpha value is -2.55. The lowest BCUT2D eigenvalue weighted by molar-refractivity contribution is -0.384. The number of nitrogens with one attached hydrogen (secondary N) is 1. The molecular weight excluding hydrogens is 310 g/mol. The number of aromatic nitrogens is 2. The molecule has 0 saturated carbocycles. The highest BCUT2D eigenvalue weighted by atomic mass is 35.5. The highest BCUT2D eigenvalue weighted by Gasteiger charge is 2.17. The average Bonchev–Trinajstić information content (AvgIpc) is 2.40. The van der Waals surface area contributed by atoms with Gasteiger partial charge in [0.05, 0.1) is 4.92 Å². The molecule has 0 aliphatic heterocycles. The maximum absolute atomic E-state index is 12.0. The molecule has 10 heteroatoms. The SMILES string of the molecule is O=[N+]([O-])c1cnc(Cl)nc1Nc1ccc(OC(F)F)cc1. The summed E-state index contributed by atoms with van der Waals surface area (Å²) in [5, 5.41) is 13.3. The van der Waals surface area contributed by atoms with Crippen molar-refractivity contribution in [3.63, 3.8) is 0 Å². The van der Waals surface area contributed by atoms with Crippen LogP contribution in [0.5, 0.6) is 5.75 Å². The topological polar surface area (TPSA) is 90.2 Å². The summed E-state index contributed by atoms with van der Waals surface area (Å²) in [6.45, 7) is -2.93. The van der Waals surface area contributed by atoms with E-state index >= 15 is 0 Å². The van der Waals surface area contributed by atoms with E-state index in [1.54, 1.807) is 0 Å². The van der Waals surface area contributed by atoms with E-state index in [4.69, 9.17) is 11.6 Å². The van der Waals surface area contributed by atoms with Gasteiger partial charge in [-0.25, -0.2) is 4.98 Å². The molecule has 0 amide bonds. The van der Waals surface area contributed by atoms with Gasteiger partial charge in [0.15, 0.2) is 0 Å². The molecule has 110 valence electrons. The number of nitrogens with zero attached hydrogens (tertiary/aromatic N) is 3. The number of hydrogen-bond donors (Lipinski definition) is 1. The second kappa shape index (κ2) is 6.27. The molecule has 0 spiro atoms. The van der Waals surface area contributed by atoms with Crippen LogP contribution in [0.15, 0.2) is 30.5 Å². The fourth-order valence-electron chi connectivity index (χ4n) is 1.44. The van der Waals surface area contributed by atoms with Crippen LogP contribution >= 0.6 is 11.6 Å². The van der Waals surface area contributed by atoms with Gasteiger partial charge in [0.2, 0.25) is 11.1 Å². The summed E-state index contributed by atoms with van der Waals surface area (Å²) in [5.41, 5.74) is 0.0155. The van der Waals surface area contributed by atoms with Crippen LogP contribution < -0.4 is 10.1 Å². The van der Waals surface area contributed by atoms with Crippen molar-refractivity contribution in [1.29, 1.82) is 0 Å². The molecular formula is C11H7ClF2N4O3. The second-order valence-corrected chi connectivity index (χ2v) is 4.00. The minimum Gasteiger partial charge on any atom is -0.435 e. The van der Waals surface area contributed by atoms with Crippen molar-refractivity contribution in [2.75, 3.05) is 5.32 Å². The fourth-order valence-corrected chi connectivity index (χ4v) is 1.57. The third-order valence-corrected chi connectivity index (χ3v) is 2.46. The van der Waals surface area contributed by atoms with E-state index < -0.39 is 11.5 Å². The summed E-state index contributed by atoms with van der Waals surface area (Å²) in [6, 6.07) is 5.36. The summed E-state index contributed by atoms with van der Waals surface area (Å²) < 4.78 is 28.2. The maximum atomic E-state index is 12.0. The van der Waals surface area contributed by atoms with Crippen LogP contribution in [0.1, 0.15) is 0 Å². The van der Waals surface area contributed by atoms with Crippen molar-refractivity contribution in [2.45, 2.75) is 6.61 Å². The Kier molecular flexibility index (Phi) is 4.43. The Morgan fingerprint density at radius 3 is 2.57 bits per heavy atom. The number of nitro groups is 1. The number of ether oxygens (including phenoxy) is 1. The molecule has 0 atom stereocenters. The lowest BCUT2D eigenvalue weighted by Gasteiger charge is -2.08. The summed E-state index contributed by atoms with van der Waals surface area (Å²) in [5.74, 6) is -0.145. The number of hydrogen-bond acceptors (Lipinski definition) is 6. The van der Waals surface area contributed by atoms with Crippen LogP contribution in [0.4, 0.5) is 26.0 Å². The fraction of sp³-hybridized carbons (Fsp3) is 0.0909. The van der Waals surface area contributed by atoms with Gasteiger partial charge in [0.1, 0.15) is 11.9 Å². The van der Waals surface area contributed by atoms with E-state index in [9.17, 15) is 18.9 Å². The van der Waals surface area contributed by atoms with Gasteiger partial charge in [-0.3, -0.25) is 10.1 Å². The van der Waals surface area contributed by atoms with Gasteiger partial charge >= 0.3 is 12.3 Å². The summed E-state index contributed by atoms with van der Waals surface area (Å²) in [4.78, 5) is 17.4. The molecule has 7 nitrogen and oxygen atoms in total. The predicted octanol–water partition coefficient (Wildman–Crippen LogP) is 3.38. The lowest BCUT2D eigenvalue weighted by atomic mass is 10.3. The first-order chi connectivity index (χ1) is 9.95. The minimum atomic E-state index is -2.93. The van der Waals surface area contributed by atoms with Crippen LogP contribution in [-0.2, 0) is 0 Å². The average molecular weight is 317 g/mol. The first-order valence-corrected chi connectivity index (χ1v) is 5.82. The maximum Gasteiger partial charge on any atom is 0.387 e. The van der Waals surface area contributed by atoms with E-state index in [0.29, 0.717) is 5.69 Å². The first kappa shape index (κ1) is 14.9. The van der Waals surface area contributed by atoms with Gasteiger partial charge in [-0.15, -0.1) is 0 Å². The summed E-state index contributed by atoms with van der Waals surface area (Å²) in [6.07, 6.45) is 0.964. The molecule has 1 N–H and O–H groups in total. The molecule has 1 heterocycles. The largest absolute Gasteiger partial charge is 0.435 e. The highest BCUT2D eigenvalue weighted by molar-refractivity contribution is 6.28. The zero-order chi connectivity index (χ0) is 15.4. The number of rotatable bonds is 5. The molecule has 0 fully saturated rings. The summed E-state index contributed by atoms with van der Waals surface area (Å²) >= 11 is 5.58. The Balaban J connectivity index is 2.22. The molecule has 21 heavy (non-hydrogen) atoms. The van der Waals surface area contributed by atoms with Crippen molar-refractivity contribution in [3.05, 3.63) is 45.9 Å². The molecule has 0 aliphatic rings. The Morgan fingerprint density at radius 1 is 1.33 bits per heavy atom. The lowest BCUT2D eigenvalue weighted by Crippen LogP contribution is -2.03. The normalized spacial score (nSPS) is 10.5. The molecule has 0 aliphatic carbocycles. The molecule has 0 unspecified atom stereocenters. The Morgan fingerprint density at radius 2 is 2.00 bits per heavy atom. The standard InChI is InChI=1S/C11H7ClF2N4O3/c12-10-15-5-8(18(19)20)9(17-10)16-6-1-3-7(4-2-6)21-11(13)14/h1-5,11H,(H,15,16,17). The zero-order valence-electron chi connectivity index (χ0n) is 10.2. The van der Waals surface area contributed by atoms with E-state index in [1.165, 1.54) is 24.3 Å². The molecule has 1 aromatic heterocycles. The van der Waals surface area contributed by atoms with E-state index in [-0.39, 0.29) is 22.5 Å². The van der Waals surface area contributed by atoms with Crippen molar-refractivity contribution >= 4 is 28.8 Å². The van der Waals surface area contributed by atoms with Crippen molar-refractivity contribution in [2.24, 2.45) is 0 Å². The smallest absolute Gasteiger partial charge is 0.387 e. The van der Waals surface area contributed by atoms with Gasteiger partial charge in [0.25, 0.3) is 0 Å². The van der Waals surface area contributed by atoms with Crippen LogP contribution in [0.3, 0.4) is 0 Å². The molecule has 2 rings (SSSR count). The third-order valence-electron chi connectivity index (χ3n) is 2.28. The van der Waals surface area contributed by atoms with E-state index in [1.807, 2.05) is 0 Å². The van der Waals surface area contributed by atoms with Gasteiger partial charge in [0, 0.05) is 5.69 Å². The third kappa shape index (κ3) is 3.96. The van der Waals surface area contributed by atoms with Crippen LogP contribution in [0, 0.1) is 10.1 Å². The quantitative estimate of drug-likeness (QED) is 0.516. The first-order valence-electron chi connectivity index (χ1n) is 5.44. The molecule has 2 aromatic rings. The summed E-state index contributed by atoms with van der Waals surface area (Å²) in [7, 11) is 0. The molecule has 0 saturated heterocycles. The second-order valence-electron chi connectivity index (χ2n) is 3.66. The Labute approximate surface area is 121 Å². The molecule has 1 aromatic carbocycles. The monoisotopic (exact) mass is 316 g/mol. The van der Waals surface area contributed by atoms with Gasteiger partial charge in [-0.2, -0.15) is 13.8 Å². The van der Waals surface area contributed by atoms with Gasteiger partial charge < -0.3 is 10.1 Å². The predicted molar refractivity (Wildman–Crippen MR) is 70.1 cm³/mol. The molecule has 0 bridgehead atoms.